The van der Waals surface area contributed by atoms with Crippen LogP contribution in [0.5, 0.6) is 17.2 Å². The SMILES string of the molecule is COc1cc2c(c(OC)c1OC)-c1ccc(N[C@H](C)C(=O)N[C@@H](CC(C)C)c3nnc4ccccn34)c(=O)cc1[C@@H](NC(C)=O)CC2. The van der Waals surface area contributed by atoms with Gasteiger partial charge < -0.3 is 30.2 Å². The van der Waals surface area contributed by atoms with Crippen LogP contribution >= 0.6 is 0 Å². The molecule has 0 spiro atoms. The normalized spacial score (nSPS) is 15.1. The molecular formula is C35H42N6O6. The number of rotatable bonds is 11. The van der Waals surface area contributed by atoms with E-state index in [1.165, 1.54) is 20.1 Å². The quantitative estimate of drug-likeness (QED) is 0.214. The van der Waals surface area contributed by atoms with E-state index in [-0.39, 0.29) is 28.8 Å². The maximum absolute atomic E-state index is 13.8. The Hall–Kier alpha value is -5.13. The van der Waals surface area contributed by atoms with Gasteiger partial charge in [0.25, 0.3) is 0 Å². The molecule has 4 aromatic rings. The molecule has 2 aromatic heterocycles. The predicted molar refractivity (Wildman–Crippen MR) is 179 cm³/mol. The van der Waals surface area contributed by atoms with Crippen molar-refractivity contribution >= 4 is 23.1 Å². The zero-order valence-corrected chi connectivity index (χ0v) is 27.8. The zero-order valence-electron chi connectivity index (χ0n) is 27.8. The molecule has 0 fully saturated rings. The summed E-state index contributed by atoms with van der Waals surface area (Å²) in [6.07, 6.45) is 3.65. The minimum atomic E-state index is -0.768. The molecule has 0 aliphatic heterocycles. The largest absolute Gasteiger partial charge is 0.493 e. The van der Waals surface area contributed by atoms with Crippen molar-refractivity contribution in [1.29, 1.82) is 0 Å². The van der Waals surface area contributed by atoms with Crippen LogP contribution in [0.1, 0.15) is 69.6 Å². The van der Waals surface area contributed by atoms with Crippen LogP contribution in [0.2, 0.25) is 0 Å². The molecule has 12 nitrogen and oxygen atoms in total. The maximum atomic E-state index is 13.8. The van der Waals surface area contributed by atoms with Crippen molar-refractivity contribution < 1.29 is 23.8 Å². The van der Waals surface area contributed by atoms with Gasteiger partial charge in [0, 0.05) is 18.7 Å². The Kier molecular flexibility index (Phi) is 9.97. The minimum Gasteiger partial charge on any atom is -0.493 e. The summed E-state index contributed by atoms with van der Waals surface area (Å²) in [5, 5.41) is 17.9. The summed E-state index contributed by atoms with van der Waals surface area (Å²) in [6, 6.07) is 10.9. The van der Waals surface area contributed by atoms with Crippen LogP contribution in [0.15, 0.2) is 53.5 Å². The smallest absolute Gasteiger partial charge is 0.242 e. The molecule has 3 atom stereocenters. The van der Waals surface area contributed by atoms with Gasteiger partial charge in [-0.15, -0.1) is 10.2 Å². The van der Waals surface area contributed by atoms with Gasteiger partial charge in [0.05, 0.1) is 39.1 Å². The van der Waals surface area contributed by atoms with Gasteiger partial charge in [-0.05, 0) is 79.1 Å². The number of aromatic nitrogens is 3. The molecular weight excluding hydrogens is 600 g/mol. The second kappa shape index (κ2) is 14.1. The van der Waals surface area contributed by atoms with E-state index in [1.807, 2.05) is 40.9 Å². The number of anilines is 1. The standard InChI is InChI=1S/C35H42N6O6/c1-19(2)16-27(34-40-39-30-10-8-9-15-41(30)34)38-35(44)20(3)36-26-14-12-23-24(18-28(26)43)25(37-21(4)42)13-11-22-17-29(45-5)32(46-6)33(47-7)31(22)23/h8-10,12,14-15,17-20,25,27H,11,13,16H2,1-7H3,(H,36,43)(H,37,42)(H,38,44)/t20-,25+,27+/m1/s1. The number of nitrogens with one attached hydrogen (secondary N) is 3. The van der Waals surface area contributed by atoms with E-state index in [9.17, 15) is 14.4 Å². The summed E-state index contributed by atoms with van der Waals surface area (Å²) in [4.78, 5) is 39.6. The highest BCUT2D eigenvalue weighted by molar-refractivity contribution is 5.86. The molecule has 3 N–H and O–H groups in total. The Bertz CT molecular complexity index is 1850. The van der Waals surface area contributed by atoms with Crippen LogP contribution in [-0.4, -0.2) is 53.8 Å². The molecule has 248 valence electrons. The van der Waals surface area contributed by atoms with Crippen molar-refractivity contribution in [3.05, 3.63) is 75.8 Å². The topological polar surface area (TPSA) is 145 Å². The minimum absolute atomic E-state index is 0.215. The lowest BCUT2D eigenvalue weighted by molar-refractivity contribution is -0.122. The Morgan fingerprint density at radius 2 is 1.77 bits per heavy atom. The average Bonchev–Trinajstić information content (AvgIpc) is 3.34. The second-order valence-electron chi connectivity index (χ2n) is 12.1. The average molecular weight is 643 g/mol. The van der Waals surface area contributed by atoms with E-state index in [0.29, 0.717) is 59.1 Å². The van der Waals surface area contributed by atoms with Gasteiger partial charge in [0.2, 0.25) is 23.0 Å². The summed E-state index contributed by atoms with van der Waals surface area (Å²) in [5.74, 6) is 1.80. The monoisotopic (exact) mass is 642 g/mol. The van der Waals surface area contributed by atoms with E-state index >= 15 is 0 Å². The summed E-state index contributed by atoms with van der Waals surface area (Å²) in [5.41, 5.74) is 3.60. The molecule has 0 unspecified atom stereocenters. The Morgan fingerprint density at radius 3 is 2.45 bits per heavy atom. The molecule has 2 heterocycles. The number of nitrogens with zero attached hydrogens (tertiary/aromatic N) is 3. The summed E-state index contributed by atoms with van der Waals surface area (Å²) < 4.78 is 19.0. The third-order valence-electron chi connectivity index (χ3n) is 8.36. The van der Waals surface area contributed by atoms with Crippen molar-refractivity contribution in [3.63, 3.8) is 0 Å². The Labute approximate surface area is 273 Å². The second-order valence-corrected chi connectivity index (χ2v) is 12.1. The molecule has 1 aliphatic carbocycles. The fourth-order valence-corrected chi connectivity index (χ4v) is 6.22. The van der Waals surface area contributed by atoms with E-state index in [1.54, 1.807) is 27.2 Å². The first-order valence-electron chi connectivity index (χ1n) is 15.7. The number of ether oxygens (including phenoxy) is 3. The van der Waals surface area contributed by atoms with Gasteiger partial charge in [-0.2, -0.15) is 0 Å². The van der Waals surface area contributed by atoms with Crippen LogP contribution in [0.25, 0.3) is 16.8 Å². The zero-order chi connectivity index (χ0) is 33.8. The fourth-order valence-electron chi connectivity index (χ4n) is 6.22. The highest BCUT2D eigenvalue weighted by Gasteiger charge is 2.30. The number of methoxy groups -OCH3 is 3. The van der Waals surface area contributed by atoms with E-state index in [0.717, 1.165) is 11.1 Å². The highest BCUT2D eigenvalue weighted by atomic mass is 16.5. The number of carbonyl (C=O) groups is 2. The molecule has 0 saturated heterocycles. The third kappa shape index (κ3) is 6.86. The van der Waals surface area contributed by atoms with Crippen molar-refractivity contribution in [1.82, 2.24) is 25.2 Å². The number of hydrogen-bond acceptors (Lipinski definition) is 9. The molecule has 1 aliphatic rings. The van der Waals surface area contributed by atoms with E-state index in [4.69, 9.17) is 14.2 Å². The van der Waals surface area contributed by atoms with Gasteiger partial charge in [-0.3, -0.25) is 18.8 Å². The number of benzene rings is 1. The van der Waals surface area contributed by atoms with Gasteiger partial charge in [0.15, 0.2) is 23.0 Å². The van der Waals surface area contributed by atoms with Crippen molar-refractivity contribution in [2.45, 2.75) is 65.1 Å². The molecule has 2 aromatic carbocycles. The number of fused-ring (bicyclic) bond motifs is 4. The number of amides is 2. The lowest BCUT2D eigenvalue weighted by Gasteiger charge is -2.22. The summed E-state index contributed by atoms with van der Waals surface area (Å²) in [7, 11) is 4.65. The first kappa shape index (κ1) is 33.2. The maximum Gasteiger partial charge on any atom is 0.242 e. The number of carbonyl (C=O) groups excluding carboxylic acids is 2. The lowest BCUT2D eigenvalue weighted by Crippen LogP contribution is -2.41. The molecule has 0 radical (unpaired) electrons. The predicted octanol–water partition coefficient (Wildman–Crippen LogP) is 4.61. The summed E-state index contributed by atoms with van der Waals surface area (Å²) in [6.45, 7) is 7.31. The lowest BCUT2D eigenvalue weighted by atomic mass is 9.95. The molecule has 0 saturated carbocycles. The van der Waals surface area contributed by atoms with Gasteiger partial charge >= 0.3 is 0 Å². The van der Waals surface area contributed by atoms with Crippen LogP contribution in [-0.2, 0) is 16.0 Å². The van der Waals surface area contributed by atoms with Crippen molar-refractivity contribution in [3.8, 4) is 28.4 Å². The van der Waals surface area contributed by atoms with E-state index < -0.39 is 18.1 Å². The van der Waals surface area contributed by atoms with E-state index in [2.05, 4.69) is 40.0 Å². The first-order chi connectivity index (χ1) is 22.6. The van der Waals surface area contributed by atoms with Gasteiger partial charge in [0.1, 0.15) is 6.04 Å². The molecule has 47 heavy (non-hydrogen) atoms. The molecule has 0 bridgehead atoms. The van der Waals surface area contributed by atoms with Crippen molar-refractivity contribution in [2.24, 2.45) is 5.92 Å². The van der Waals surface area contributed by atoms with Crippen LogP contribution in [0.4, 0.5) is 5.69 Å². The van der Waals surface area contributed by atoms with Gasteiger partial charge in [-0.1, -0.05) is 26.0 Å². The Morgan fingerprint density at radius 1 is 1.00 bits per heavy atom. The van der Waals surface area contributed by atoms with Gasteiger partial charge in [-0.25, -0.2) is 0 Å². The van der Waals surface area contributed by atoms with Crippen LogP contribution in [0.3, 0.4) is 0 Å². The molecule has 12 heteroatoms. The van der Waals surface area contributed by atoms with Crippen molar-refractivity contribution in [2.75, 3.05) is 26.6 Å². The first-order valence-corrected chi connectivity index (χ1v) is 15.7. The summed E-state index contributed by atoms with van der Waals surface area (Å²) >= 11 is 0. The third-order valence-corrected chi connectivity index (χ3v) is 8.36. The number of pyridine rings is 1. The molecule has 2 amide bonds. The fraction of sp³-hybridized carbons (Fsp3) is 0.400. The highest BCUT2D eigenvalue weighted by Crippen LogP contribution is 2.50. The van der Waals surface area contributed by atoms with Crippen LogP contribution in [0, 0.1) is 5.92 Å². The molecule has 5 rings (SSSR count). The number of hydrogen-bond donors (Lipinski definition) is 3. The van der Waals surface area contributed by atoms with Crippen LogP contribution < -0.4 is 35.6 Å². The Balaban J connectivity index is 1.52. The number of aryl methyl sites for hydroxylation is 1.